The molecule has 0 saturated carbocycles. The summed E-state index contributed by atoms with van der Waals surface area (Å²) in [5, 5.41) is 0.911. The molecule has 20 heavy (non-hydrogen) atoms. The molecular formula is C16H18N2O2. The predicted molar refractivity (Wildman–Crippen MR) is 77.8 cm³/mol. The molecule has 2 heterocycles. The van der Waals surface area contributed by atoms with E-state index >= 15 is 0 Å². The number of likely N-dealkylation sites (tertiary alicyclic amines) is 1. The fraction of sp³-hybridized carbons (Fsp3) is 0.375. The first-order valence-electron chi connectivity index (χ1n) is 7.10. The summed E-state index contributed by atoms with van der Waals surface area (Å²) in [6, 6.07) is 7.51. The molecule has 4 heteroatoms. The van der Waals surface area contributed by atoms with E-state index in [1.807, 2.05) is 33.9 Å². The van der Waals surface area contributed by atoms with E-state index in [1.54, 1.807) is 6.07 Å². The van der Waals surface area contributed by atoms with Crippen molar-refractivity contribution in [2.24, 2.45) is 0 Å². The lowest BCUT2D eigenvalue weighted by Gasteiger charge is -2.27. The van der Waals surface area contributed by atoms with Gasteiger partial charge < -0.3 is 9.47 Å². The third-order valence-corrected chi connectivity index (χ3v) is 3.99. The molecule has 1 fully saturated rings. The second-order valence-electron chi connectivity index (χ2n) is 5.28. The average molecular weight is 270 g/mol. The Morgan fingerprint density at radius 3 is 2.70 bits per heavy atom. The number of hydrogen-bond donors (Lipinski definition) is 0. The summed E-state index contributed by atoms with van der Waals surface area (Å²) in [6.45, 7) is 2.10. The third-order valence-electron chi connectivity index (χ3n) is 3.99. The van der Waals surface area contributed by atoms with Gasteiger partial charge in [0.15, 0.2) is 6.29 Å². The van der Waals surface area contributed by atoms with Crippen molar-refractivity contribution in [2.45, 2.75) is 25.8 Å². The molecule has 0 radical (unpaired) electrons. The van der Waals surface area contributed by atoms with Crippen LogP contribution in [0.3, 0.4) is 0 Å². The molecule has 1 aliphatic heterocycles. The number of amides is 1. The van der Waals surface area contributed by atoms with Crippen molar-refractivity contribution in [3.05, 3.63) is 36.0 Å². The molecule has 3 rings (SSSR count). The molecule has 1 aliphatic rings. The van der Waals surface area contributed by atoms with Crippen LogP contribution in [0, 0.1) is 0 Å². The molecule has 1 aromatic carbocycles. The number of piperidine rings is 1. The molecule has 2 aromatic rings. The number of benzene rings is 1. The van der Waals surface area contributed by atoms with Crippen LogP contribution in [-0.2, 0) is 11.3 Å². The monoisotopic (exact) mass is 270 g/mol. The maximum atomic E-state index is 12.3. The van der Waals surface area contributed by atoms with Gasteiger partial charge in [-0.3, -0.25) is 9.59 Å². The fourth-order valence-electron chi connectivity index (χ4n) is 2.88. The highest BCUT2D eigenvalue weighted by molar-refractivity contribution is 5.97. The van der Waals surface area contributed by atoms with E-state index in [0.29, 0.717) is 12.1 Å². The Morgan fingerprint density at radius 1 is 1.15 bits per heavy atom. The first-order chi connectivity index (χ1) is 9.79. The second-order valence-corrected chi connectivity index (χ2v) is 5.28. The average Bonchev–Trinajstić information content (AvgIpc) is 2.91. The van der Waals surface area contributed by atoms with E-state index in [4.69, 9.17) is 0 Å². The molecule has 104 valence electrons. The summed E-state index contributed by atoms with van der Waals surface area (Å²) >= 11 is 0. The Balaban J connectivity index is 1.84. The number of fused-ring (bicyclic) bond motifs is 1. The first-order valence-corrected chi connectivity index (χ1v) is 7.10. The second kappa shape index (κ2) is 5.49. The van der Waals surface area contributed by atoms with Gasteiger partial charge in [-0.2, -0.15) is 0 Å². The number of aldehydes is 1. The predicted octanol–water partition coefficient (Wildman–Crippen LogP) is 2.47. The van der Waals surface area contributed by atoms with Crippen molar-refractivity contribution in [2.75, 3.05) is 13.1 Å². The Labute approximate surface area is 118 Å². The summed E-state index contributed by atoms with van der Waals surface area (Å²) < 4.78 is 1.93. The molecule has 1 saturated heterocycles. The molecule has 0 aliphatic carbocycles. The highest BCUT2D eigenvalue weighted by atomic mass is 16.2. The van der Waals surface area contributed by atoms with Gasteiger partial charge in [0.1, 0.15) is 6.54 Å². The standard InChI is InChI=1S/C16H18N2O2/c19-12-13-5-4-6-15-14(13)7-10-18(15)11-16(20)17-8-2-1-3-9-17/h4-7,10,12H,1-3,8-9,11H2. The number of rotatable bonds is 3. The van der Waals surface area contributed by atoms with Gasteiger partial charge in [-0.15, -0.1) is 0 Å². The molecule has 4 nitrogen and oxygen atoms in total. The Kier molecular flexibility index (Phi) is 3.54. The van der Waals surface area contributed by atoms with E-state index in [9.17, 15) is 9.59 Å². The highest BCUT2D eigenvalue weighted by Gasteiger charge is 2.17. The van der Waals surface area contributed by atoms with E-state index in [1.165, 1.54) is 6.42 Å². The maximum absolute atomic E-state index is 12.3. The van der Waals surface area contributed by atoms with Crippen LogP contribution in [0.25, 0.3) is 10.9 Å². The SMILES string of the molecule is O=Cc1cccc2c1ccn2CC(=O)N1CCCCC1. The number of aromatic nitrogens is 1. The molecule has 1 amide bonds. The summed E-state index contributed by atoms with van der Waals surface area (Å²) in [7, 11) is 0. The quantitative estimate of drug-likeness (QED) is 0.804. The first kappa shape index (κ1) is 12.9. The maximum Gasteiger partial charge on any atom is 0.242 e. The van der Waals surface area contributed by atoms with Gasteiger partial charge in [-0.1, -0.05) is 12.1 Å². The van der Waals surface area contributed by atoms with Crippen LogP contribution in [0.15, 0.2) is 30.5 Å². The van der Waals surface area contributed by atoms with Crippen molar-refractivity contribution in [1.29, 1.82) is 0 Å². The van der Waals surface area contributed by atoms with Gasteiger partial charge in [-0.25, -0.2) is 0 Å². The van der Waals surface area contributed by atoms with Gasteiger partial charge >= 0.3 is 0 Å². The minimum atomic E-state index is 0.165. The van der Waals surface area contributed by atoms with Gasteiger partial charge in [-0.05, 0) is 31.4 Å². The van der Waals surface area contributed by atoms with E-state index < -0.39 is 0 Å². The molecule has 0 bridgehead atoms. The Bertz CT molecular complexity index is 639. The lowest BCUT2D eigenvalue weighted by Crippen LogP contribution is -2.37. The van der Waals surface area contributed by atoms with E-state index in [0.717, 1.165) is 43.1 Å². The van der Waals surface area contributed by atoms with Crippen LogP contribution in [0.2, 0.25) is 0 Å². The minimum Gasteiger partial charge on any atom is -0.341 e. The molecule has 0 spiro atoms. The number of hydrogen-bond acceptors (Lipinski definition) is 2. The molecule has 1 aromatic heterocycles. The third kappa shape index (κ3) is 2.33. The van der Waals surface area contributed by atoms with Crippen LogP contribution in [0.4, 0.5) is 0 Å². The Hall–Kier alpha value is -2.10. The van der Waals surface area contributed by atoms with E-state index in [2.05, 4.69) is 0 Å². The molecule has 0 unspecified atom stereocenters. The van der Waals surface area contributed by atoms with Crippen LogP contribution in [0.1, 0.15) is 29.6 Å². The van der Waals surface area contributed by atoms with Crippen molar-refractivity contribution in [3.8, 4) is 0 Å². The summed E-state index contributed by atoms with van der Waals surface area (Å²) in [4.78, 5) is 25.3. The molecule has 0 atom stereocenters. The fourth-order valence-corrected chi connectivity index (χ4v) is 2.88. The Morgan fingerprint density at radius 2 is 1.95 bits per heavy atom. The summed E-state index contributed by atoms with van der Waals surface area (Å²) in [5.74, 6) is 0.165. The van der Waals surface area contributed by atoms with Crippen LogP contribution in [-0.4, -0.2) is 34.7 Å². The zero-order chi connectivity index (χ0) is 13.9. The number of carbonyl (C=O) groups excluding carboxylic acids is 2. The van der Waals surface area contributed by atoms with Gasteiger partial charge in [0, 0.05) is 35.8 Å². The largest absolute Gasteiger partial charge is 0.341 e. The topological polar surface area (TPSA) is 42.3 Å². The summed E-state index contributed by atoms with van der Waals surface area (Å²) in [5.41, 5.74) is 1.62. The van der Waals surface area contributed by atoms with Gasteiger partial charge in [0.05, 0.1) is 0 Å². The number of nitrogens with zero attached hydrogens (tertiary/aromatic N) is 2. The zero-order valence-corrected chi connectivity index (χ0v) is 11.4. The van der Waals surface area contributed by atoms with Crippen LogP contribution < -0.4 is 0 Å². The van der Waals surface area contributed by atoms with Crippen molar-refractivity contribution in [3.63, 3.8) is 0 Å². The van der Waals surface area contributed by atoms with Crippen molar-refractivity contribution < 1.29 is 9.59 Å². The lowest BCUT2D eigenvalue weighted by atomic mass is 10.1. The van der Waals surface area contributed by atoms with E-state index in [-0.39, 0.29) is 5.91 Å². The van der Waals surface area contributed by atoms with Crippen LogP contribution >= 0.6 is 0 Å². The number of carbonyl (C=O) groups is 2. The highest BCUT2D eigenvalue weighted by Crippen LogP contribution is 2.19. The lowest BCUT2D eigenvalue weighted by molar-refractivity contribution is -0.132. The van der Waals surface area contributed by atoms with Crippen molar-refractivity contribution in [1.82, 2.24) is 9.47 Å². The summed E-state index contributed by atoms with van der Waals surface area (Å²) in [6.07, 6.45) is 6.18. The van der Waals surface area contributed by atoms with Crippen molar-refractivity contribution >= 4 is 23.1 Å². The van der Waals surface area contributed by atoms with Gasteiger partial charge in [0.25, 0.3) is 0 Å². The normalized spacial score (nSPS) is 15.5. The molecular weight excluding hydrogens is 252 g/mol. The zero-order valence-electron chi connectivity index (χ0n) is 11.4. The van der Waals surface area contributed by atoms with Gasteiger partial charge in [0.2, 0.25) is 5.91 Å². The smallest absolute Gasteiger partial charge is 0.242 e. The minimum absolute atomic E-state index is 0.165. The molecule has 0 N–H and O–H groups in total. The van der Waals surface area contributed by atoms with Crippen LogP contribution in [0.5, 0.6) is 0 Å².